The molecule has 3 rings (SSSR count). The average Bonchev–Trinajstić information content (AvgIpc) is 3.11. The highest BCUT2D eigenvalue weighted by Crippen LogP contribution is 2.36. The molecule has 1 N–H and O–H groups in total. The van der Waals surface area contributed by atoms with Gasteiger partial charge >= 0.3 is 5.97 Å². The zero-order valence-corrected chi connectivity index (χ0v) is 13.0. The molecule has 1 aliphatic rings. The second-order valence-electron chi connectivity index (χ2n) is 5.92. The quantitative estimate of drug-likeness (QED) is 0.880. The molecule has 0 amide bonds. The molecular formula is C15H20N4O3. The molecule has 118 valence electrons. The summed E-state index contributed by atoms with van der Waals surface area (Å²) in [6.45, 7) is 4.83. The standard InChI is InChI=1S/C15H20N4O3/c1-9-13(15(20)21)6-12(22-9)7-18(3)8-14-17-16-10(2)19(14)11-4-5-11/h6,11H,4-5,7-8H2,1-3H3,(H,20,21). The Morgan fingerprint density at radius 2 is 2.14 bits per heavy atom. The Morgan fingerprint density at radius 3 is 2.73 bits per heavy atom. The van der Waals surface area contributed by atoms with Crippen molar-refractivity contribution in [3.05, 3.63) is 34.8 Å². The van der Waals surface area contributed by atoms with Crippen LogP contribution >= 0.6 is 0 Å². The lowest BCUT2D eigenvalue weighted by Gasteiger charge is -2.15. The van der Waals surface area contributed by atoms with Crippen molar-refractivity contribution >= 4 is 5.97 Å². The van der Waals surface area contributed by atoms with Crippen LogP contribution in [-0.4, -0.2) is 37.8 Å². The van der Waals surface area contributed by atoms with E-state index in [4.69, 9.17) is 9.52 Å². The predicted octanol–water partition coefficient (Wildman–Crippen LogP) is 2.15. The molecule has 2 heterocycles. The number of hydrogen-bond acceptors (Lipinski definition) is 5. The number of carboxylic acid groups (broad SMARTS) is 1. The molecule has 0 bridgehead atoms. The fourth-order valence-corrected chi connectivity index (χ4v) is 2.73. The Balaban J connectivity index is 1.69. The largest absolute Gasteiger partial charge is 0.478 e. The number of rotatable bonds is 6. The summed E-state index contributed by atoms with van der Waals surface area (Å²) in [5, 5.41) is 17.5. The van der Waals surface area contributed by atoms with E-state index in [1.54, 1.807) is 13.0 Å². The Bertz CT molecular complexity index is 700. The molecule has 0 aromatic carbocycles. The van der Waals surface area contributed by atoms with Crippen molar-refractivity contribution in [2.45, 2.75) is 45.8 Å². The van der Waals surface area contributed by atoms with E-state index < -0.39 is 5.97 Å². The predicted molar refractivity (Wildman–Crippen MR) is 78.6 cm³/mol. The van der Waals surface area contributed by atoms with Crippen LogP contribution in [0.25, 0.3) is 0 Å². The number of carbonyl (C=O) groups is 1. The van der Waals surface area contributed by atoms with E-state index in [2.05, 4.69) is 14.8 Å². The van der Waals surface area contributed by atoms with Gasteiger partial charge in [-0.1, -0.05) is 0 Å². The lowest BCUT2D eigenvalue weighted by Crippen LogP contribution is -2.20. The van der Waals surface area contributed by atoms with Gasteiger partial charge in [0.2, 0.25) is 0 Å². The number of nitrogens with zero attached hydrogens (tertiary/aromatic N) is 4. The van der Waals surface area contributed by atoms with Crippen molar-refractivity contribution in [3.8, 4) is 0 Å². The number of aromatic carboxylic acids is 1. The number of aryl methyl sites for hydroxylation is 2. The van der Waals surface area contributed by atoms with Crippen molar-refractivity contribution in [1.82, 2.24) is 19.7 Å². The summed E-state index contributed by atoms with van der Waals surface area (Å²) in [7, 11) is 1.96. The van der Waals surface area contributed by atoms with Crippen LogP contribution in [0.3, 0.4) is 0 Å². The van der Waals surface area contributed by atoms with Gasteiger partial charge in [0.25, 0.3) is 0 Å². The first-order valence-electron chi connectivity index (χ1n) is 7.37. The van der Waals surface area contributed by atoms with Crippen LogP contribution in [0, 0.1) is 13.8 Å². The summed E-state index contributed by atoms with van der Waals surface area (Å²) >= 11 is 0. The van der Waals surface area contributed by atoms with Gasteiger partial charge in [-0.2, -0.15) is 0 Å². The summed E-state index contributed by atoms with van der Waals surface area (Å²) in [6.07, 6.45) is 2.38. The highest BCUT2D eigenvalue weighted by Gasteiger charge is 2.28. The van der Waals surface area contributed by atoms with Gasteiger partial charge in [-0.3, -0.25) is 4.90 Å². The SMILES string of the molecule is Cc1oc(CN(C)Cc2nnc(C)n2C2CC2)cc1C(=O)O. The molecule has 2 aromatic rings. The first kappa shape index (κ1) is 14.8. The van der Waals surface area contributed by atoms with Crippen LogP contribution in [-0.2, 0) is 13.1 Å². The maximum Gasteiger partial charge on any atom is 0.339 e. The van der Waals surface area contributed by atoms with Gasteiger partial charge in [-0.25, -0.2) is 4.79 Å². The Hall–Kier alpha value is -2.15. The smallest absolute Gasteiger partial charge is 0.339 e. The molecule has 0 spiro atoms. The fourth-order valence-electron chi connectivity index (χ4n) is 2.73. The minimum Gasteiger partial charge on any atom is -0.478 e. The molecule has 0 aliphatic heterocycles. The molecule has 0 radical (unpaired) electrons. The van der Waals surface area contributed by atoms with Gasteiger partial charge in [0, 0.05) is 6.04 Å². The monoisotopic (exact) mass is 304 g/mol. The minimum absolute atomic E-state index is 0.223. The summed E-state index contributed by atoms with van der Waals surface area (Å²) in [6, 6.07) is 2.13. The van der Waals surface area contributed by atoms with E-state index in [-0.39, 0.29) is 5.56 Å². The lowest BCUT2D eigenvalue weighted by molar-refractivity contribution is 0.0695. The Morgan fingerprint density at radius 1 is 1.41 bits per heavy atom. The first-order chi connectivity index (χ1) is 10.5. The highest BCUT2D eigenvalue weighted by molar-refractivity contribution is 5.88. The Kier molecular flexibility index (Phi) is 3.74. The van der Waals surface area contributed by atoms with E-state index in [0.29, 0.717) is 30.7 Å². The molecular weight excluding hydrogens is 284 g/mol. The number of carboxylic acids is 1. The average molecular weight is 304 g/mol. The molecule has 1 aliphatic carbocycles. The van der Waals surface area contributed by atoms with Crippen LogP contribution in [0.4, 0.5) is 0 Å². The van der Waals surface area contributed by atoms with Gasteiger partial charge in [0.1, 0.15) is 28.7 Å². The van der Waals surface area contributed by atoms with Gasteiger partial charge in [0.05, 0.1) is 13.1 Å². The number of furan rings is 1. The molecule has 1 saturated carbocycles. The van der Waals surface area contributed by atoms with Crippen LogP contribution in [0.2, 0.25) is 0 Å². The molecule has 7 heteroatoms. The maximum absolute atomic E-state index is 11.0. The Labute approximate surface area is 128 Å². The molecule has 1 fully saturated rings. The van der Waals surface area contributed by atoms with Gasteiger partial charge in [-0.15, -0.1) is 10.2 Å². The fraction of sp³-hybridized carbons (Fsp3) is 0.533. The zero-order chi connectivity index (χ0) is 15.9. The van der Waals surface area contributed by atoms with Crippen molar-refractivity contribution in [2.24, 2.45) is 0 Å². The maximum atomic E-state index is 11.0. The molecule has 22 heavy (non-hydrogen) atoms. The van der Waals surface area contributed by atoms with Gasteiger partial charge in [-0.05, 0) is 39.8 Å². The normalized spacial score (nSPS) is 14.7. The van der Waals surface area contributed by atoms with E-state index >= 15 is 0 Å². The highest BCUT2D eigenvalue weighted by atomic mass is 16.4. The van der Waals surface area contributed by atoms with Crippen molar-refractivity contribution in [2.75, 3.05) is 7.05 Å². The van der Waals surface area contributed by atoms with E-state index in [9.17, 15) is 4.79 Å². The summed E-state index contributed by atoms with van der Waals surface area (Å²) in [5.74, 6) is 2.02. The van der Waals surface area contributed by atoms with Gasteiger partial charge < -0.3 is 14.1 Å². The van der Waals surface area contributed by atoms with E-state index in [1.165, 1.54) is 12.8 Å². The zero-order valence-electron chi connectivity index (χ0n) is 13.0. The van der Waals surface area contributed by atoms with Crippen LogP contribution in [0.15, 0.2) is 10.5 Å². The number of hydrogen-bond donors (Lipinski definition) is 1. The molecule has 0 saturated heterocycles. The van der Waals surface area contributed by atoms with Crippen LogP contribution < -0.4 is 0 Å². The summed E-state index contributed by atoms with van der Waals surface area (Å²) in [5.41, 5.74) is 0.223. The second kappa shape index (κ2) is 5.57. The summed E-state index contributed by atoms with van der Waals surface area (Å²) < 4.78 is 7.72. The number of aromatic nitrogens is 3. The van der Waals surface area contributed by atoms with Crippen molar-refractivity contribution in [1.29, 1.82) is 0 Å². The molecule has 2 aromatic heterocycles. The molecule has 7 nitrogen and oxygen atoms in total. The van der Waals surface area contributed by atoms with E-state index in [0.717, 1.165) is 11.6 Å². The lowest BCUT2D eigenvalue weighted by atomic mass is 10.2. The van der Waals surface area contributed by atoms with Crippen molar-refractivity contribution < 1.29 is 14.3 Å². The third kappa shape index (κ3) is 2.89. The molecule has 0 unspecified atom stereocenters. The van der Waals surface area contributed by atoms with E-state index in [1.807, 2.05) is 18.9 Å². The van der Waals surface area contributed by atoms with Crippen molar-refractivity contribution in [3.63, 3.8) is 0 Å². The minimum atomic E-state index is -0.959. The molecule has 0 atom stereocenters. The van der Waals surface area contributed by atoms with Crippen LogP contribution in [0.5, 0.6) is 0 Å². The third-order valence-corrected chi connectivity index (χ3v) is 3.89. The van der Waals surface area contributed by atoms with Crippen LogP contribution in [0.1, 0.15) is 52.4 Å². The van der Waals surface area contributed by atoms with Gasteiger partial charge in [0.15, 0.2) is 0 Å². The topological polar surface area (TPSA) is 84.4 Å². The first-order valence-corrected chi connectivity index (χ1v) is 7.37. The third-order valence-electron chi connectivity index (χ3n) is 3.89. The summed E-state index contributed by atoms with van der Waals surface area (Å²) in [4.78, 5) is 13.1. The second-order valence-corrected chi connectivity index (χ2v) is 5.92.